The van der Waals surface area contributed by atoms with Gasteiger partial charge in [0.2, 0.25) is 0 Å². The summed E-state index contributed by atoms with van der Waals surface area (Å²) in [6.45, 7) is 2.52. The minimum Gasteiger partial charge on any atom is -0.491 e. The molecular formula is C13H16FNO3. The first kappa shape index (κ1) is 12.7. The van der Waals surface area contributed by atoms with Gasteiger partial charge in [-0.1, -0.05) is 0 Å². The fraction of sp³-hybridized carbons (Fsp3) is 0.462. The van der Waals surface area contributed by atoms with Gasteiger partial charge in [-0.25, -0.2) is 4.39 Å². The highest BCUT2D eigenvalue weighted by molar-refractivity contribution is 5.78. The molecule has 1 saturated carbocycles. The first-order valence-corrected chi connectivity index (χ1v) is 5.97. The number of hydrogen-bond donors (Lipinski definition) is 2. The Balaban J connectivity index is 1.98. The predicted molar refractivity (Wildman–Crippen MR) is 65.4 cm³/mol. The molecule has 4 nitrogen and oxygen atoms in total. The van der Waals surface area contributed by atoms with Gasteiger partial charge in [-0.2, -0.15) is 0 Å². The summed E-state index contributed by atoms with van der Waals surface area (Å²) < 4.78 is 18.6. The second-order valence-corrected chi connectivity index (χ2v) is 4.52. The highest BCUT2D eigenvalue weighted by Crippen LogP contribution is 2.45. The van der Waals surface area contributed by atoms with Crippen molar-refractivity contribution >= 4 is 11.7 Å². The Morgan fingerprint density at radius 1 is 1.56 bits per heavy atom. The van der Waals surface area contributed by atoms with Gasteiger partial charge in [0, 0.05) is 18.3 Å². The molecule has 1 aromatic rings. The van der Waals surface area contributed by atoms with Crippen LogP contribution >= 0.6 is 0 Å². The maximum absolute atomic E-state index is 13.5. The number of rotatable bonds is 6. The Bertz CT molecular complexity index is 458. The summed E-state index contributed by atoms with van der Waals surface area (Å²) in [5.41, 5.74) is -0.0850. The van der Waals surface area contributed by atoms with E-state index in [9.17, 15) is 9.18 Å². The van der Waals surface area contributed by atoms with E-state index in [2.05, 4.69) is 5.32 Å². The van der Waals surface area contributed by atoms with Crippen LogP contribution in [0.1, 0.15) is 19.8 Å². The Morgan fingerprint density at radius 2 is 2.28 bits per heavy atom. The zero-order valence-corrected chi connectivity index (χ0v) is 10.2. The summed E-state index contributed by atoms with van der Waals surface area (Å²) in [6.07, 6.45) is 1.35. The quantitative estimate of drug-likeness (QED) is 0.817. The van der Waals surface area contributed by atoms with Crippen LogP contribution in [0.5, 0.6) is 5.75 Å². The van der Waals surface area contributed by atoms with Crippen molar-refractivity contribution in [3.8, 4) is 5.75 Å². The molecule has 0 amide bonds. The average Bonchev–Trinajstić information content (AvgIpc) is 3.11. The molecule has 0 heterocycles. The van der Waals surface area contributed by atoms with Crippen LogP contribution in [0, 0.1) is 11.2 Å². The van der Waals surface area contributed by atoms with Crippen molar-refractivity contribution in [2.45, 2.75) is 19.8 Å². The third-order valence-corrected chi connectivity index (χ3v) is 3.17. The number of hydrogen-bond acceptors (Lipinski definition) is 3. The van der Waals surface area contributed by atoms with Crippen molar-refractivity contribution in [2.75, 3.05) is 18.5 Å². The van der Waals surface area contributed by atoms with Crippen molar-refractivity contribution in [1.82, 2.24) is 0 Å². The average molecular weight is 253 g/mol. The molecule has 0 bridgehead atoms. The van der Waals surface area contributed by atoms with Gasteiger partial charge in [0.05, 0.1) is 12.0 Å². The van der Waals surface area contributed by atoms with Gasteiger partial charge >= 0.3 is 5.97 Å². The van der Waals surface area contributed by atoms with E-state index in [0.717, 1.165) is 0 Å². The van der Waals surface area contributed by atoms with E-state index in [-0.39, 0.29) is 5.75 Å². The molecule has 0 spiro atoms. The first-order chi connectivity index (χ1) is 8.57. The highest BCUT2D eigenvalue weighted by Gasteiger charge is 2.49. The summed E-state index contributed by atoms with van der Waals surface area (Å²) in [7, 11) is 0. The lowest BCUT2D eigenvalue weighted by Gasteiger charge is -2.13. The molecule has 18 heavy (non-hydrogen) atoms. The van der Waals surface area contributed by atoms with Gasteiger partial charge in [-0.3, -0.25) is 4.79 Å². The van der Waals surface area contributed by atoms with E-state index >= 15 is 0 Å². The van der Waals surface area contributed by atoms with Crippen molar-refractivity contribution < 1.29 is 19.0 Å². The Kier molecular flexibility index (Phi) is 3.41. The van der Waals surface area contributed by atoms with Crippen LogP contribution < -0.4 is 10.1 Å². The van der Waals surface area contributed by atoms with Gasteiger partial charge in [-0.15, -0.1) is 0 Å². The van der Waals surface area contributed by atoms with Crippen LogP contribution in [0.15, 0.2) is 18.2 Å². The molecule has 2 N–H and O–H groups in total. The number of halogens is 1. The minimum absolute atomic E-state index is 0.211. The van der Waals surface area contributed by atoms with Crippen molar-refractivity contribution in [2.24, 2.45) is 5.41 Å². The number of carbonyl (C=O) groups is 1. The largest absolute Gasteiger partial charge is 0.491 e. The molecule has 1 aromatic carbocycles. The second kappa shape index (κ2) is 4.84. The van der Waals surface area contributed by atoms with E-state index in [1.54, 1.807) is 19.1 Å². The van der Waals surface area contributed by atoms with Crippen LogP contribution in [0.4, 0.5) is 10.1 Å². The van der Waals surface area contributed by atoms with Crippen LogP contribution in [0.3, 0.4) is 0 Å². The fourth-order valence-corrected chi connectivity index (χ4v) is 1.77. The predicted octanol–water partition coefficient (Wildman–Crippen LogP) is 2.50. The molecule has 0 radical (unpaired) electrons. The number of benzene rings is 1. The topological polar surface area (TPSA) is 58.6 Å². The number of nitrogens with one attached hydrogen (secondary N) is 1. The highest BCUT2D eigenvalue weighted by atomic mass is 19.1. The summed E-state index contributed by atoms with van der Waals surface area (Å²) in [5.74, 6) is -1.02. The molecule has 5 heteroatoms. The Labute approximate surface area is 105 Å². The Morgan fingerprint density at radius 3 is 2.78 bits per heavy atom. The van der Waals surface area contributed by atoms with E-state index in [0.29, 0.717) is 31.7 Å². The van der Waals surface area contributed by atoms with Gasteiger partial charge in [0.1, 0.15) is 0 Å². The van der Waals surface area contributed by atoms with E-state index in [1.807, 2.05) is 0 Å². The minimum atomic E-state index is -0.790. The third-order valence-electron chi connectivity index (χ3n) is 3.17. The van der Waals surface area contributed by atoms with Crippen LogP contribution in [-0.4, -0.2) is 24.2 Å². The maximum atomic E-state index is 13.5. The third kappa shape index (κ3) is 2.55. The standard InChI is InChI=1S/C13H16FNO3/c1-2-18-11-4-3-9(7-10(11)14)15-8-13(5-6-13)12(16)17/h3-4,7,15H,2,5-6,8H2,1H3,(H,16,17). The summed E-state index contributed by atoms with van der Waals surface area (Å²) in [5, 5.41) is 12.0. The van der Waals surface area contributed by atoms with Crippen molar-refractivity contribution in [1.29, 1.82) is 0 Å². The first-order valence-electron chi connectivity index (χ1n) is 5.97. The monoisotopic (exact) mass is 253 g/mol. The van der Waals surface area contributed by atoms with Gasteiger partial charge in [0.25, 0.3) is 0 Å². The van der Waals surface area contributed by atoms with E-state index in [4.69, 9.17) is 9.84 Å². The molecule has 1 fully saturated rings. The van der Waals surface area contributed by atoms with Crippen LogP contribution in [0.25, 0.3) is 0 Å². The maximum Gasteiger partial charge on any atom is 0.311 e. The smallest absolute Gasteiger partial charge is 0.311 e. The normalized spacial score (nSPS) is 16.1. The molecular weight excluding hydrogens is 237 g/mol. The van der Waals surface area contributed by atoms with Crippen molar-refractivity contribution in [3.05, 3.63) is 24.0 Å². The molecule has 2 rings (SSSR count). The van der Waals surface area contributed by atoms with Crippen molar-refractivity contribution in [3.63, 3.8) is 0 Å². The Hall–Kier alpha value is -1.78. The molecule has 0 aromatic heterocycles. The second-order valence-electron chi connectivity index (χ2n) is 4.52. The van der Waals surface area contributed by atoms with Crippen LogP contribution in [-0.2, 0) is 4.79 Å². The summed E-state index contributed by atoms with van der Waals surface area (Å²) in [4.78, 5) is 11.0. The number of carboxylic acid groups (broad SMARTS) is 1. The van der Waals surface area contributed by atoms with E-state index < -0.39 is 17.2 Å². The zero-order chi connectivity index (χ0) is 13.2. The molecule has 0 saturated heterocycles. The van der Waals surface area contributed by atoms with E-state index in [1.165, 1.54) is 6.07 Å². The molecule has 0 aliphatic heterocycles. The SMILES string of the molecule is CCOc1ccc(NCC2(C(=O)O)CC2)cc1F. The van der Waals surface area contributed by atoms with Gasteiger partial charge in [-0.05, 0) is 31.9 Å². The molecule has 1 aliphatic carbocycles. The summed E-state index contributed by atoms with van der Waals surface area (Å²) >= 11 is 0. The zero-order valence-electron chi connectivity index (χ0n) is 10.2. The summed E-state index contributed by atoms with van der Waals surface area (Å²) in [6, 6.07) is 4.55. The lowest BCUT2D eigenvalue weighted by molar-refractivity contribution is -0.142. The number of ether oxygens (including phenoxy) is 1. The lowest BCUT2D eigenvalue weighted by Crippen LogP contribution is -2.24. The number of anilines is 1. The lowest BCUT2D eigenvalue weighted by atomic mass is 10.1. The van der Waals surface area contributed by atoms with Gasteiger partial charge in [0.15, 0.2) is 11.6 Å². The molecule has 0 atom stereocenters. The van der Waals surface area contributed by atoms with Crippen LogP contribution in [0.2, 0.25) is 0 Å². The number of aliphatic carboxylic acids is 1. The van der Waals surface area contributed by atoms with Gasteiger partial charge < -0.3 is 15.2 Å². The molecule has 98 valence electrons. The molecule has 0 unspecified atom stereocenters. The molecule has 1 aliphatic rings. The number of carboxylic acids is 1. The fourth-order valence-electron chi connectivity index (χ4n) is 1.77.